The van der Waals surface area contributed by atoms with E-state index in [1.54, 1.807) is 0 Å². The van der Waals surface area contributed by atoms with Crippen LogP contribution in [0.25, 0.3) is 44.2 Å². The Bertz CT molecular complexity index is 2930. The molecule has 9 aromatic carbocycles. The Hall–Kier alpha value is -6.96. The quantitative estimate of drug-likeness (QED) is 0.178. The summed E-state index contributed by atoms with van der Waals surface area (Å²) in [6, 6.07) is 76.2. The van der Waals surface area contributed by atoms with Gasteiger partial charge in [0, 0.05) is 11.1 Å². The van der Waals surface area contributed by atoms with E-state index in [0.29, 0.717) is 0 Å². The molecular formula is C54H34O. The van der Waals surface area contributed by atoms with Crippen molar-refractivity contribution in [3.63, 3.8) is 0 Å². The van der Waals surface area contributed by atoms with Crippen LogP contribution in [0.4, 0.5) is 0 Å². The zero-order valence-corrected chi connectivity index (χ0v) is 30.0. The molecule has 12 rings (SSSR count). The molecule has 0 atom stereocenters. The third-order valence-corrected chi connectivity index (χ3v) is 12.6. The Morgan fingerprint density at radius 2 is 0.855 bits per heavy atom. The summed E-state index contributed by atoms with van der Waals surface area (Å²) in [7, 11) is 0. The molecule has 0 amide bonds. The van der Waals surface area contributed by atoms with E-state index >= 15 is 0 Å². The van der Waals surface area contributed by atoms with Crippen molar-refractivity contribution in [3.8, 4) is 44.9 Å². The maximum atomic E-state index is 6.78. The zero-order chi connectivity index (χ0) is 36.1. The maximum absolute atomic E-state index is 6.78. The van der Waals surface area contributed by atoms with Crippen LogP contribution in [0.2, 0.25) is 0 Å². The molecule has 1 aliphatic heterocycles. The molecule has 256 valence electrons. The average Bonchev–Trinajstić information content (AvgIpc) is 3.73. The molecule has 9 aromatic rings. The summed E-state index contributed by atoms with van der Waals surface area (Å²) < 4.78 is 6.78. The van der Waals surface area contributed by atoms with Gasteiger partial charge in [-0.1, -0.05) is 182 Å². The van der Waals surface area contributed by atoms with Crippen LogP contribution < -0.4 is 4.74 Å². The van der Waals surface area contributed by atoms with Crippen molar-refractivity contribution < 1.29 is 4.74 Å². The van der Waals surface area contributed by atoms with Gasteiger partial charge in [0.2, 0.25) is 0 Å². The van der Waals surface area contributed by atoms with Gasteiger partial charge in [-0.2, -0.15) is 0 Å². The number of fused-ring (bicyclic) bond motifs is 14. The van der Waals surface area contributed by atoms with Gasteiger partial charge >= 0.3 is 0 Å². The molecular weight excluding hydrogens is 665 g/mol. The van der Waals surface area contributed by atoms with Crippen LogP contribution in [0, 0.1) is 0 Å². The molecule has 1 heteroatoms. The number of hydrogen-bond donors (Lipinski definition) is 0. The van der Waals surface area contributed by atoms with Crippen LogP contribution in [0.1, 0.15) is 44.5 Å². The monoisotopic (exact) mass is 698 g/mol. The zero-order valence-electron chi connectivity index (χ0n) is 30.0. The molecule has 0 bridgehead atoms. The predicted octanol–water partition coefficient (Wildman–Crippen LogP) is 13.3. The molecule has 0 saturated carbocycles. The Balaban J connectivity index is 1.15. The van der Waals surface area contributed by atoms with Crippen molar-refractivity contribution in [1.82, 2.24) is 0 Å². The first-order valence-electron chi connectivity index (χ1n) is 19.2. The normalized spacial score (nSPS) is 14.6. The minimum Gasteiger partial charge on any atom is -0.457 e. The van der Waals surface area contributed by atoms with E-state index in [1.165, 1.54) is 72.0 Å². The van der Waals surface area contributed by atoms with Gasteiger partial charge in [0.05, 0.1) is 10.8 Å². The highest BCUT2D eigenvalue weighted by Gasteiger charge is 2.52. The Morgan fingerprint density at radius 3 is 1.56 bits per heavy atom. The molecule has 0 fully saturated rings. The molecule has 0 radical (unpaired) electrons. The highest BCUT2D eigenvalue weighted by Crippen LogP contribution is 2.64. The molecule has 55 heavy (non-hydrogen) atoms. The first kappa shape index (κ1) is 30.5. The van der Waals surface area contributed by atoms with E-state index in [0.717, 1.165) is 28.2 Å². The topological polar surface area (TPSA) is 9.23 Å². The van der Waals surface area contributed by atoms with Crippen molar-refractivity contribution in [3.05, 3.63) is 251 Å². The highest BCUT2D eigenvalue weighted by atomic mass is 16.5. The summed E-state index contributed by atoms with van der Waals surface area (Å²) in [4.78, 5) is 0. The fraction of sp³-hybridized carbons (Fsp3) is 0.0370. The number of ether oxygens (including phenoxy) is 1. The lowest BCUT2D eigenvalue weighted by Gasteiger charge is -2.41. The van der Waals surface area contributed by atoms with Crippen molar-refractivity contribution in [2.24, 2.45) is 0 Å². The smallest absolute Gasteiger partial charge is 0.132 e. The second-order valence-corrected chi connectivity index (χ2v) is 15.1. The Labute approximate surface area is 320 Å². The summed E-state index contributed by atoms with van der Waals surface area (Å²) in [5.74, 6) is 1.77. The minimum absolute atomic E-state index is 0.439. The minimum atomic E-state index is -0.584. The fourth-order valence-electron chi connectivity index (χ4n) is 10.5. The van der Waals surface area contributed by atoms with Gasteiger partial charge in [0.25, 0.3) is 0 Å². The lowest BCUT2D eigenvalue weighted by atomic mass is 9.63. The van der Waals surface area contributed by atoms with Crippen molar-refractivity contribution >= 4 is 10.8 Å². The third kappa shape index (κ3) is 3.92. The lowest BCUT2D eigenvalue weighted by molar-refractivity contribution is 0.434. The van der Waals surface area contributed by atoms with E-state index in [9.17, 15) is 0 Å². The van der Waals surface area contributed by atoms with Crippen molar-refractivity contribution in [2.45, 2.75) is 10.8 Å². The van der Waals surface area contributed by atoms with Crippen LogP contribution in [-0.4, -0.2) is 0 Å². The second-order valence-electron chi connectivity index (χ2n) is 15.1. The van der Waals surface area contributed by atoms with Crippen LogP contribution in [0.15, 0.2) is 206 Å². The highest BCUT2D eigenvalue weighted by molar-refractivity contribution is 6.06. The molecule has 2 aliphatic carbocycles. The van der Waals surface area contributed by atoms with Gasteiger partial charge in [-0.3, -0.25) is 0 Å². The summed E-state index contributed by atoms with van der Waals surface area (Å²) in [6.07, 6.45) is 0. The average molecular weight is 699 g/mol. The van der Waals surface area contributed by atoms with Crippen LogP contribution in [-0.2, 0) is 10.8 Å². The molecule has 0 aromatic heterocycles. The summed E-state index contributed by atoms with van der Waals surface area (Å²) in [5.41, 5.74) is 16.7. The third-order valence-electron chi connectivity index (χ3n) is 12.6. The molecule has 0 unspecified atom stereocenters. The van der Waals surface area contributed by atoms with Gasteiger partial charge < -0.3 is 4.74 Å². The van der Waals surface area contributed by atoms with Gasteiger partial charge in [0.15, 0.2) is 0 Å². The van der Waals surface area contributed by atoms with Crippen LogP contribution in [0.5, 0.6) is 11.5 Å². The number of rotatable bonds is 3. The maximum Gasteiger partial charge on any atom is 0.132 e. The van der Waals surface area contributed by atoms with Crippen LogP contribution >= 0.6 is 0 Å². The predicted molar refractivity (Wildman–Crippen MR) is 224 cm³/mol. The standard InChI is InChI=1S/C54H34O/c1-3-16-38(17-4-1)53(39-18-5-2-6-19-39)46-25-13-14-26-50(46)55-51-32-29-37(34-49(51)53)36-27-30-43-48(33-36)54(47-31-28-35-15-7-8-20-40(35)52(43)47)44-23-11-9-21-41(44)42-22-10-12-24-45(42)54/h1-34H. The van der Waals surface area contributed by atoms with E-state index in [-0.39, 0.29) is 0 Å². The first-order chi connectivity index (χ1) is 27.3. The molecule has 1 nitrogen and oxygen atoms in total. The molecule has 1 spiro atoms. The van der Waals surface area contributed by atoms with Crippen molar-refractivity contribution in [1.29, 1.82) is 0 Å². The van der Waals surface area contributed by atoms with Gasteiger partial charge in [-0.05, 0) is 102 Å². The first-order valence-corrected chi connectivity index (χ1v) is 19.2. The number of benzene rings is 9. The van der Waals surface area contributed by atoms with Crippen LogP contribution in [0.3, 0.4) is 0 Å². The molecule has 1 heterocycles. The molecule has 0 saturated heterocycles. The summed E-state index contributed by atoms with van der Waals surface area (Å²) in [5, 5.41) is 2.56. The molecule has 3 aliphatic rings. The largest absolute Gasteiger partial charge is 0.457 e. The van der Waals surface area contributed by atoms with E-state index < -0.39 is 10.8 Å². The second kappa shape index (κ2) is 11.3. The van der Waals surface area contributed by atoms with E-state index in [4.69, 9.17) is 4.74 Å². The Morgan fingerprint density at radius 1 is 0.309 bits per heavy atom. The van der Waals surface area contributed by atoms with Gasteiger partial charge in [0.1, 0.15) is 11.5 Å². The van der Waals surface area contributed by atoms with Gasteiger partial charge in [-0.25, -0.2) is 0 Å². The number of hydrogen-bond acceptors (Lipinski definition) is 1. The van der Waals surface area contributed by atoms with Gasteiger partial charge in [-0.15, -0.1) is 0 Å². The molecule has 0 N–H and O–H groups in total. The SMILES string of the molecule is c1ccc(C2(c3ccccc3)c3ccccc3Oc3ccc(-c4ccc5c(c4)C4(c6ccccc6-c6ccccc64)c4ccc6ccccc6c4-5)cc32)cc1. The van der Waals surface area contributed by atoms with E-state index in [1.807, 2.05) is 0 Å². The van der Waals surface area contributed by atoms with E-state index in [2.05, 4.69) is 206 Å². The van der Waals surface area contributed by atoms with Crippen molar-refractivity contribution in [2.75, 3.05) is 0 Å². The summed E-state index contributed by atoms with van der Waals surface area (Å²) in [6.45, 7) is 0. The lowest BCUT2D eigenvalue weighted by Crippen LogP contribution is -2.34. The summed E-state index contributed by atoms with van der Waals surface area (Å²) >= 11 is 0. The number of para-hydroxylation sites is 1. The fourth-order valence-corrected chi connectivity index (χ4v) is 10.5. The Kier molecular flexibility index (Phi) is 6.25.